The van der Waals surface area contributed by atoms with Crippen LogP contribution < -0.4 is 16.4 Å². The van der Waals surface area contributed by atoms with E-state index < -0.39 is 6.29 Å². The van der Waals surface area contributed by atoms with E-state index in [2.05, 4.69) is 47.0 Å². The van der Waals surface area contributed by atoms with Crippen molar-refractivity contribution in [1.82, 2.24) is 5.32 Å². The number of amides is 2. The summed E-state index contributed by atoms with van der Waals surface area (Å²) in [6.07, 6.45) is 0.872. The van der Waals surface area contributed by atoms with Crippen LogP contribution >= 0.6 is 11.8 Å². The van der Waals surface area contributed by atoms with Crippen molar-refractivity contribution < 1.29 is 24.2 Å². The highest BCUT2D eigenvalue weighted by Gasteiger charge is 2.32. The van der Waals surface area contributed by atoms with Gasteiger partial charge in [-0.3, -0.25) is 9.59 Å². The lowest BCUT2D eigenvalue weighted by Crippen LogP contribution is -2.31. The van der Waals surface area contributed by atoms with E-state index in [1.807, 2.05) is 78.9 Å². The molecule has 5 N–H and O–H groups in total. The van der Waals surface area contributed by atoms with Gasteiger partial charge >= 0.3 is 0 Å². The highest BCUT2D eigenvalue weighted by atomic mass is 32.2. The van der Waals surface area contributed by atoms with Crippen LogP contribution in [0.2, 0.25) is 0 Å². The lowest BCUT2D eigenvalue weighted by molar-refractivity contribution is -0.245. The minimum absolute atomic E-state index is 0.000447. The summed E-state index contributed by atoms with van der Waals surface area (Å²) < 4.78 is 13.2. The lowest BCUT2D eigenvalue weighted by Gasteiger charge is -2.36. The van der Waals surface area contributed by atoms with Gasteiger partial charge in [0.1, 0.15) is 0 Å². The van der Waals surface area contributed by atoms with E-state index in [-0.39, 0.29) is 43.5 Å². The Labute approximate surface area is 303 Å². The summed E-state index contributed by atoms with van der Waals surface area (Å²) in [6, 6.07) is 41.7. The third-order valence-electron chi connectivity index (χ3n) is 8.75. The van der Waals surface area contributed by atoms with Crippen molar-refractivity contribution in [3.63, 3.8) is 0 Å². The number of thioether (sulfide) groups is 1. The van der Waals surface area contributed by atoms with Crippen LogP contribution in [0.15, 0.2) is 132 Å². The molecule has 262 valence electrons. The second-order valence-electron chi connectivity index (χ2n) is 12.6. The number of benzene rings is 5. The maximum atomic E-state index is 12.6. The summed E-state index contributed by atoms with van der Waals surface area (Å²) >= 11 is 1.78. The fourth-order valence-corrected chi connectivity index (χ4v) is 6.92. The number of carbonyl (C=O) groups is 2. The number of anilines is 2. The number of nitrogens with one attached hydrogen (secondary N) is 2. The van der Waals surface area contributed by atoms with E-state index in [0.717, 1.165) is 45.6 Å². The highest BCUT2D eigenvalue weighted by Crippen LogP contribution is 2.40. The van der Waals surface area contributed by atoms with Gasteiger partial charge in [-0.25, -0.2) is 0 Å². The minimum atomic E-state index is -0.558. The van der Waals surface area contributed by atoms with Crippen LogP contribution in [0.3, 0.4) is 0 Å². The van der Waals surface area contributed by atoms with Crippen LogP contribution in [0.5, 0.6) is 0 Å². The molecule has 5 aromatic rings. The number of hydrogen-bond acceptors (Lipinski definition) is 7. The number of aliphatic hydroxyl groups is 1. The number of nitrogen functional groups attached to an aromatic ring is 1. The second-order valence-corrected chi connectivity index (χ2v) is 13.7. The quantitative estimate of drug-likeness (QED) is 0.0680. The molecule has 1 heterocycles. The van der Waals surface area contributed by atoms with Gasteiger partial charge in [0.25, 0.3) is 0 Å². The van der Waals surface area contributed by atoms with Crippen molar-refractivity contribution in [3.05, 3.63) is 150 Å². The molecule has 1 aliphatic rings. The minimum Gasteiger partial charge on any atom is -0.397 e. The normalized spacial score (nSPS) is 17.1. The van der Waals surface area contributed by atoms with E-state index in [9.17, 15) is 14.7 Å². The molecule has 0 spiro atoms. The topological polar surface area (TPSA) is 123 Å². The van der Waals surface area contributed by atoms with Crippen molar-refractivity contribution in [2.24, 2.45) is 0 Å². The molecule has 0 radical (unpaired) electrons. The first-order chi connectivity index (χ1) is 24.9. The number of hydrogen-bond donors (Lipinski definition) is 4. The molecule has 6 rings (SSSR count). The molecule has 51 heavy (non-hydrogen) atoms. The lowest BCUT2D eigenvalue weighted by atomic mass is 9.99. The van der Waals surface area contributed by atoms with Gasteiger partial charge in [-0.05, 0) is 70.6 Å². The Balaban J connectivity index is 1.07. The summed E-state index contributed by atoms with van der Waals surface area (Å²) in [5.74, 6) is 0.508. The summed E-state index contributed by atoms with van der Waals surface area (Å²) in [6.45, 7) is 0.381. The average Bonchev–Trinajstić information content (AvgIpc) is 3.17. The number of nitrogens with two attached hydrogens (primary N) is 1. The third-order valence-corrected chi connectivity index (χ3v) is 9.89. The van der Waals surface area contributed by atoms with Crippen molar-refractivity contribution in [2.75, 3.05) is 16.8 Å². The molecule has 1 fully saturated rings. The van der Waals surface area contributed by atoms with Crippen molar-refractivity contribution in [1.29, 1.82) is 0 Å². The number of carbonyl (C=O) groups excluding carboxylic acids is 2. The van der Waals surface area contributed by atoms with Crippen molar-refractivity contribution >= 4 is 35.0 Å². The van der Waals surface area contributed by atoms with Gasteiger partial charge < -0.3 is 30.9 Å². The van der Waals surface area contributed by atoms with E-state index >= 15 is 0 Å². The predicted octanol–water partition coefficient (Wildman–Crippen LogP) is 8.19. The molecule has 0 saturated carbocycles. The van der Waals surface area contributed by atoms with Crippen LogP contribution in [0, 0.1) is 0 Å². The molecular weight excluding hydrogens is 659 g/mol. The molecule has 0 aliphatic carbocycles. The number of ether oxygens (including phenoxy) is 2. The van der Waals surface area contributed by atoms with Crippen molar-refractivity contribution in [2.45, 2.75) is 62.2 Å². The van der Waals surface area contributed by atoms with Gasteiger partial charge in [0, 0.05) is 42.0 Å². The van der Waals surface area contributed by atoms with Gasteiger partial charge in [-0.2, -0.15) is 0 Å². The molecule has 5 aromatic carbocycles. The number of para-hydroxylation sites is 2. The van der Waals surface area contributed by atoms with Crippen molar-refractivity contribution in [3.8, 4) is 11.1 Å². The Bertz CT molecular complexity index is 1900. The first-order valence-corrected chi connectivity index (χ1v) is 18.2. The molecule has 0 aromatic heterocycles. The SMILES string of the molecule is Nc1ccccc1NC(=O)CCCC(=O)NCc1cccc(-c2cccc([C@H]3O[C@@H](CSc4ccccc4)C[C@@H](c4ccc(CO)cc4)O3)c2)c1. The molecule has 1 saturated heterocycles. The Morgan fingerprint density at radius 3 is 2.25 bits per heavy atom. The van der Waals surface area contributed by atoms with Crippen LogP contribution in [0.4, 0.5) is 11.4 Å². The Hall–Kier alpha value is -4.93. The van der Waals surface area contributed by atoms with E-state index in [1.54, 1.807) is 23.9 Å². The van der Waals surface area contributed by atoms with Crippen LogP contribution in [-0.4, -0.2) is 28.8 Å². The molecule has 8 nitrogen and oxygen atoms in total. The summed E-state index contributed by atoms with van der Waals surface area (Å²) in [5.41, 5.74) is 12.8. The van der Waals surface area contributed by atoms with E-state index in [4.69, 9.17) is 15.2 Å². The smallest absolute Gasteiger partial charge is 0.224 e. The van der Waals surface area contributed by atoms with Gasteiger partial charge in [0.15, 0.2) is 6.29 Å². The fraction of sp³-hybridized carbons (Fsp3) is 0.238. The summed E-state index contributed by atoms with van der Waals surface area (Å²) in [7, 11) is 0. The predicted molar refractivity (Wildman–Crippen MR) is 203 cm³/mol. The van der Waals surface area contributed by atoms with Crippen LogP contribution in [-0.2, 0) is 32.2 Å². The summed E-state index contributed by atoms with van der Waals surface area (Å²) in [5, 5.41) is 15.3. The molecule has 0 unspecified atom stereocenters. The van der Waals surface area contributed by atoms with Gasteiger partial charge in [-0.15, -0.1) is 11.8 Å². The molecule has 9 heteroatoms. The zero-order chi connectivity index (χ0) is 35.4. The number of aliphatic hydroxyl groups excluding tert-OH is 1. The van der Waals surface area contributed by atoms with E-state index in [0.29, 0.717) is 24.3 Å². The fourth-order valence-electron chi connectivity index (χ4n) is 5.98. The average molecular weight is 702 g/mol. The third kappa shape index (κ3) is 10.3. The maximum absolute atomic E-state index is 12.6. The number of rotatable bonds is 14. The zero-order valence-electron chi connectivity index (χ0n) is 28.4. The van der Waals surface area contributed by atoms with Gasteiger partial charge in [0.05, 0.1) is 30.2 Å². The van der Waals surface area contributed by atoms with Crippen LogP contribution in [0.1, 0.15) is 60.3 Å². The molecule has 0 bridgehead atoms. The molecular formula is C42H43N3O5S. The molecule has 1 aliphatic heterocycles. The van der Waals surface area contributed by atoms with Gasteiger partial charge in [-0.1, -0.05) is 91.0 Å². The van der Waals surface area contributed by atoms with E-state index in [1.165, 1.54) is 4.90 Å². The Morgan fingerprint density at radius 2 is 1.47 bits per heavy atom. The Kier molecular flexibility index (Phi) is 12.5. The summed E-state index contributed by atoms with van der Waals surface area (Å²) in [4.78, 5) is 26.1. The largest absolute Gasteiger partial charge is 0.397 e. The monoisotopic (exact) mass is 701 g/mol. The second kappa shape index (κ2) is 17.8. The maximum Gasteiger partial charge on any atom is 0.224 e. The molecule has 3 atom stereocenters. The first kappa shape index (κ1) is 35.9. The molecule has 2 amide bonds. The van der Waals surface area contributed by atoms with Gasteiger partial charge in [0.2, 0.25) is 11.8 Å². The standard InChI is InChI=1S/C42H43N3O5S/c43-37-15-4-5-16-38(37)45-41(48)18-8-17-40(47)44-26-30-9-6-10-32(23-30)33-11-7-12-34(24-33)42-49-35(28-51-36-13-2-1-3-14-36)25-39(50-42)31-21-19-29(27-46)20-22-31/h1-7,9-16,19-24,35,39,42,46H,8,17-18,25-28,43H2,(H,44,47)(H,45,48)/t35-,39+,42+/m1/s1. The highest BCUT2D eigenvalue weighted by molar-refractivity contribution is 7.99. The first-order valence-electron chi connectivity index (χ1n) is 17.2. The Morgan fingerprint density at radius 1 is 0.745 bits per heavy atom. The zero-order valence-corrected chi connectivity index (χ0v) is 29.2. The van der Waals surface area contributed by atoms with Crippen LogP contribution in [0.25, 0.3) is 11.1 Å².